The second-order valence-corrected chi connectivity index (χ2v) is 11.2. The summed E-state index contributed by atoms with van der Waals surface area (Å²) in [5, 5.41) is 14.3. The average Bonchev–Trinajstić information content (AvgIpc) is 3.72. The molecule has 1 aromatic carbocycles. The molecule has 0 atom stereocenters. The Morgan fingerprint density at radius 1 is 1.10 bits per heavy atom. The number of benzene rings is 1. The Labute approximate surface area is 292 Å². The normalized spacial score (nSPS) is 11.6. The van der Waals surface area contributed by atoms with E-state index in [1.165, 1.54) is 4.90 Å². The van der Waals surface area contributed by atoms with Crippen LogP contribution in [0.2, 0.25) is 0 Å². The van der Waals surface area contributed by atoms with Gasteiger partial charge in [-0.15, -0.1) is 0 Å². The van der Waals surface area contributed by atoms with Gasteiger partial charge in [0.2, 0.25) is 11.9 Å². The molecule has 0 spiro atoms. The standard InChI is InChI=1S/C28H39N7O5.2C2H6.CH4O.CH4S/c1-7-35-21(13-17(2)32-35)25(37)31-26-30-20-14-19(24(29)36)15-22(23(20)34(26)16-18-9-10-18)39-12-8-11-33(6)27(38)40-28(3,4)5;4*1-2/h13-15,18H,7-12,16H2,1-6H3,(H2,29,36)(H,30,31,37);2*1-2H3;2*2H,1H3. The number of anilines is 1. The highest BCUT2D eigenvalue weighted by Crippen LogP contribution is 2.37. The summed E-state index contributed by atoms with van der Waals surface area (Å²) in [6.45, 7) is 19.1. The van der Waals surface area contributed by atoms with Crippen LogP contribution in [0.25, 0.3) is 11.0 Å². The molecule has 1 saturated carbocycles. The Bertz CT molecular complexity index is 1430. The molecule has 0 aliphatic heterocycles. The van der Waals surface area contributed by atoms with E-state index >= 15 is 0 Å². The Morgan fingerprint density at radius 3 is 2.23 bits per heavy atom. The Balaban J connectivity index is 0.00000257. The van der Waals surface area contributed by atoms with Crippen molar-refractivity contribution in [3.63, 3.8) is 0 Å². The third-order valence-corrected chi connectivity index (χ3v) is 6.49. The molecule has 0 bridgehead atoms. The maximum Gasteiger partial charge on any atom is 0.410 e. The van der Waals surface area contributed by atoms with E-state index in [0.717, 1.165) is 25.6 Å². The van der Waals surface area contributed by atoms with Crippen LogP contribution in [0.15, 0.2) is 18.2 Å². The van der Waals surface area contributed by atoms with E-state index < -0.39 is 17.6 Å². The number of thiol groups is 1. The van der Waals surface area contributed by atoms with Crippen molar-refractivity contribution in [2.24, 2.45) is 11.7 Å². The van der Waals surface area contributed by atoms with Crippen molar-refractivity contribution >= 4 is 47.5 Å². The lowest BCUT2D eigenvalue weighted by atomic mass is 10.1. The summed E-state index contributed by atoms with van der Waals surface area (Å²) in [7, 11) is 2.67. The number of fused-ring (bicyclic) bond motifs is 1. The predicted octanol–water partition coefficient (Wildman–Crippen LogP) is 6.17. The van der Waals surface area contributed by atoms with E-state index in [4.69, 9.17) is 20.3 Å². The van der Waals surface area contributed by atoms with Gasteiger partial charge in [-0.05, 0) is 84.3 Å². The number of nitrogens with two attached hydrogens (primary N) is 1. The number of aliphatic hydroxyl groups excluding tert-OH is 1. The van der Waals surface area contributed by atoms with Crippen molar-refractivity contribution in [2.75, 3.05) is 38.9 Å². The summed E-state index contributed by atoms with van der Waals surface area (Å²) in [5.74, 6) is 0.333. The van der Waals surface area contributed by atoms with Gasteiger partial charge in [0.05, 0.1) is 17.8 Å². The van der Waals surface area contributed by atoms with Crippen LogP contribution in [-0.4, -0.2) is 86.4 Å². The number of primary amides is 1. The van der Waals surface area contributed by atoms with E-state index in [0.29, 0.717) is 60.4 Å². The lowest BCUT2D eigenvalue weighted by Gasteiger charge is -2.24. The Kier molecular flexibility index (Phi) is 20.2. The van der Waals surface area contributed by atoms with Gasteiger partial charge in [0.1, 0.15) is 22.6 Å². The van der Waals surface area contributed by atoms with Crippen LogP contribution in [0.3, 0.4) is 0 Å². The summed E-state index contributed by atoms with van der Waals surface area (Å²) in [5.41, 5.74) is 7.64. The third kappa shape index (κ3) is 13.4. The number of hydrogen-bond donors (Lipinski definition) is 4. The smallest absolute Gasteiger partial charge is 0.410 e. The molecule has 14 heteroatoms. The van der Waals surface area contributed by atoms with E-state index in [1.54, 1.807) is 36.2 Å². The van der Waals surface area contributed by atoms with Crippen LogP contribution < -0.4 is 15.8 Å². The van der Waals surface area contributed by atoms with Gasteiger partial charge >= 0.3 is 6.09 Å². The van der Waals surface area contributed by atoms with Crippen molar-refractivity contribution < 1.29 is 29.0 Å². The van der Waals surface area contributed by atoms with Crippen molar-refractivity contribution in [1.29, 1.82) is 0 Å². The SMILES string of the molecule is CC.CC.CCn1nc(C)cc1C(=O)Nc1nc2cc(C(N)=O)cc(OCCCN(C)C(=O)OC(C)(C)C)c2n1CC1CC1.CO.CS. The van der Waals surface area contributed by atoms with Crippen molar-refractivity contribution in [1.82, 2.24) is 24.2 Å². The topological polar surface area (TPSA) is 167 Å². The highest BCUT2D eigenvalue weighted by Gasteiger charge is 2.28. The van der Waals surface area contributed by atoms with Crippen LogP contribution in [0, 0.1) is 12.8 Å². The van der Waals surface area contributed by atoms with Crippen LogP contribution in [0.5, 0.6) is 5.75 Å². The zero-order chi connectivity index (χ0) is 37.2. The molecule has 1 fully saturated rings. The molecule has 272 valence electrons. The fourth-order valence-electron chi connectivity index (χ4n) is 4.36. The zero-order valence-corrected chi connectivity index (χ0v) is 31.9. The molecule has 0 saturated heterocycles. The molecule has 0 unspecified atom stereocenters. The number of hydrogen-bond acceptors (Lipinski definition) is 9. The molecule has 2 aromatic heterocycles. The number of aromatic nitrogens is 4. The minimum atomic E-state index is -0.610. The fraction of sp³-hybridized carbons (Fsp3) is 0.618. The number of aliphatic hydroxyl groups is 1. The first-order chi connectivity index (χ1) is 22.9. The quantitative estimate of drug-likeness (QED) is 0.137. The van der Waals surface area contributed by atoms with Gasteiger partial charge in [0, 0.05) is 39.4 Å². The highest BCUT2D eigenvalue weighted by molar-refractivity contribution is 7.79. The number of nitrogens with one attached hydrogen (secondary N) is 1. The number of carbonyl (C=O) groups is 3. The molecule has 3 amide bonds. The van der Waals surface area contributed by atoms with E-state index in [1.807, 2.05) is 66.9 Å². The lowest BCUT2D eigenvalue weighted by Crippen LogP contribution is -2.35. The molecule has 3 aromatic rings. The highest BCUT2D eigenvalue weighted by atomic mass is 32.1. The number of aryl methyl sites for hydroxylation is 2. The first-order valence-corrected chi connectivity index (χ1v) is 17.4. The average molecular weight is 694 g/mol. The van der Waals surface area contributed by atoms with Gasteiger partial charge in [-0.2, -0.15) is 17.7 Å². The van der Waals surface area contributed by atoms with Gasteiger partial charge in [-0.3, -0.25) is 19.6 Å². The maximum atomic E-state index is 13.2. The minimum absolute atomic E-state index is 0.252. The molecule has 13 nitrogen and oxygen atoms in total. The summed E-state index contributed by atoms with van der Waals surface area (Å²) in [6, 6.07) is 4.95. The molecule has 2 heterocycles. The maximum absolute atomic E-state index is 13.2. The minimum Gasteiger partial charge on any atom is -0.491 e. The van der Waals surface area contributed by atoms with Crippen molar-refractivity contribution in [3.05, 3.63) is 35.2 Å². The summed E-state index contributed by atoms with van der Waals surface area (Å²) >= 11 is 3.53. The molecular formula is C34H59N7O6S. The number of carbonyl (C=O) groups excluding carboxylic acids is 3. The van der Waals surface area contributed by atoms with Gasteiger partial charge in [0.15, 0.2) is 0 Å². The van der Waals surface area contributed by atoms with Crippen LogP contribution >= 0.6 is 12.6 Å². The molecular weight excluding hydrogens is 634 g/mol. The molecule has 1 aliphatic carbocycles. The van der Waals surface area contributed by atoms with Crippen LogP contribution in [-0.2, 0) is 17.8 Å². The first-order valence-electron chi connectivity index (χ1n) is 16.5. The number of imidazole rings is 1. The lowest BCUT2D eigenvalue weighted by molar-refractivity contribution is 0.0292. The van der Waals surface area contributed by atoms with Gasteiger partial charge in [0.25, 0.3) is 5.91 Å². The Hall–Kier alpha value is -3.78. The van der Waals surface area contributed by atoms with E-state index in [2.05, 4.69) is 28.0 Å². The molecule has 48 heavy (non-hydrogen) atoms. The Morgan fingerprint density at radius 2 is 1.71 bits per heavy atom. The number of ether oxygens (including phenoxy) is 2. The van der Waals surface area contributed by atoms with Crippen LogP contribution in [0.4, 0.5) is 10.7 Å². The third-order valence-electron chi connectivity index (χ3n) is 6.49. The molecule has 4 rings (SSSR count). The summed E-state index contributed by atoms with van der Waals surface area (Å²) in [6.07, 6.45) is 3.98. The second kappa shape index (κ2) is 22.0. The first kappa shape index (κ1) is 44.2. The fourth-order valence-corrected chi connectivity index (χ4v) is 4.36. The summed E-state index contributed by atoms with van der Waals surface area (Å²) < 4.78 is 15.1. The van der Waals surface area contributed by atoms with Gasteiger partial charge < -0.3 is 29.8 Å². The molecule has 4 N–H and O–H groups in total. The van der Waals surface area contributed by atoms with Gasteiger partial charge in [-0.1, -0.05) is 27.7 Å². The molecule has 1 aliphatic rings. The number of rotatable bonds is 11. The van der Waals surface area contributed by atoms with Crippen molar-refractivity contribution in [3.8, 4) is 5.75 Å². The van der Waals surface area contributed by atoms with E-state index in [-0.39, 0.29) is 18.1 Å². The number of nitrogens with zero attached hydrogens (tertiary/aromatic N) is 5. The predicted molar refractivity (Wildman–Crippen MR) is 196 cm³/mol. The van der Waals surface area contributed by atoms with Crippen LogP contribution in [0.1, 0.15) is 101 Å². The largest absolute Gasteiger partial charge is 0.491 e. The zero-order valence-electron chi connectivity index (χ0n) is 31.0. The van der Waals surface area contributed by atoms with E-state index in [9.17, 15) is 14.4 Å². The van der Waals surface area contributed by atoms with Gasteiger partial charge in [-0.25, -0.2) is 9.78 Å². The van der Waals surface area contributed by atoms with Crippen molar-refractivity contribution in [2.45, 2.75) is 100 Å². The second-order valence-electron chi connectivity index (χ2n) is 11.2. The monoisotopic (exact) mass is 693 g/mol. The summed E-state index contributed by atoms with van der Waals surface area (Å²) in [4.78, 5) is 43.8. The number of amides is 3. The molecule has 0 radical (unpaired) electrons.